The third-order valence-corrected chi connectivity index (χ3v) is 5.73. The summed E-state index contributed by atoms with van der Waals surface area (Å²) in [6.07, 6.45) is 0. The molecule has 0 aromatic heterocycles. The second kappa shape index (κ2) is 5.08. The van der Waals surface area contributed by atoms with Gasteiger partial charge in [0.25, 0.3) is 0 Å². The van der Waals surface area contributed by atoms with Gasteiger partial charge in [-0.2, -0.15) is 0 Å². The number of alkyl halides is 1. The normalized spacial score (nSPS) is 16.2. The fourth-order valence-electron chi connectivity index (χ4n) is 4.05. The largest absolute Gasteiger partial charge is 0.0742 e. The maximum atomic E-state index is 2.57. The summed E-state index contributed by atoms with van der Waals surface area (Å²) in [6, 6.07) is 13.7. The van der Waals surface area contributed by atoms with Crippen LogP contribution < -0.4 is 0 Å². The van der Waals surface area contributed by atoms with Crippen LogP contribution in [0.2, 0.25) is 0 Å². The zero-order chi connectivity index (χ0) is 17.2. The lowest BCUT2D eigenvalue weighted by Crippen LogP contribution is -2.23. The van der Waals surface area contributed by atoms with Crippen molar-refractivity contribution in [1.82, 2.24) is 0 Å². The van der Waals surface area contributed by atoms with Gasteiger partial charge in [0, 0.05) is 8.84 Å². The molecule has 0 radical (unpaired) electrons. The van der Waals surface area contributed by atoms with Gasteiger partial charge in [-0.3, -0.25) is 0 Å². The van der Waals surface area contributed by atoms with Gasteiger partial charge in [-0.05, 0) is 52.6 Å². The van der Waals surface area contributed by atoms with Crippen molar-refractivity contribution < 1.29 is 0 Å². The quantitative estimate of drug-likeness (QED) is 0.347. The van der Waals surface area contributed by atoms with Crippen LogP contribution in [0.4, 0.5) is 0 Å². The first-order chi connectivity index (χ1) is 10.5. The van der Waals surface area contributed by atoms with Crippen molar-refractivity contribution in [3.63, 3.8) is 0 Å². The Morgan fingerprint density at radius 2 is 1.39 bits per heavy atom. The summed E-state index contributed by atoms with van der Waals surface area (Å²) < 4.78 is 0.124. The lowest BCUT2D eigenvalue weighted by molar-refractivity contribution is 0.556. The molecule has 0 aliphatic heterocycles. The second-order valence-corrected chi connectivity index (χ2v) is 11.5. The van der Waals surface area contributed by atoms with Crippen LogP contribution in [0.1, 0.15) is 70.7 Å². The molecule has 0 spiro atoms. The maximum absolute atomic E-state index is 2.57. The fraction of sp³-hybridized carbons (Fsp3) is 0.455. The van der Waals surface area contributed by atoms with E-state index in [2.05, 4.69) is 107 Å². The monoisotopic (exact) mass is 418 g/mol. The van der Waals surface area contributed by atoms with Gasteiger partial charge in [-0.15, -0.1) is 0 Å². The number of hydrogen-bond donors (Lipinski definition) is 0. The molecule has 0 nitrogen and oxygen atoms in total. The van der Waals surface area contributed by atoms with Crippen LogP contribution in [0.25, 0.3) is 11.1 Å². The zero-order valence-corrected chi connectivity index (χ0v) is 17.5. The van der Waals surface area contributed by atoms with E-state index in [4.69, 9.17) is 0 Å². The highest BCUT2D eigenvalue weighted by molar-refractivity contribution is 14.1. The molecule has 1 aliphatic rings. The van der Waals surface area contributed by atoms with Gasteiger partial charge in [0.1, 0.15) is 0 Å². The SMILES string of the molecule is CC(C)(C)c1cccc2c1C(C)(C)c1cccc(C(C)(C)I)c1-2. The molecule has 0 fully saturated rings. The van der Waals surface area contributed by atoms with Crippen molar-refractivity contribution in [3.8, 4) is 11.1 Å². The first kappa shape index (κ1) is 17.0. The summed E-state index contributed by atoms with van der Waals surface area (Å²) in [5, 5.41) is 0. The number of fused-ring (bicyclic) bond motifs is 3. The Morgan fingerprint density at radius 3 is 1.96 bits per heavy atom. The Labute approximate surface area is 154 Å². The zero-order valence-electron chi connectivity index (χ0n) is 15.3. The summed E-state index contributed by atoms with van der Waals surface area (Å²) in [6.45, 7) is 16.4. The lowest BCUT2D eigenvalue weighted by atomic mass is 9.74. The molecule has 0 unspecified atom stereocenters. The van der Waals surface area contributed by atoms with Gasteiger partial charge in [-0.1, -0.05) is 93.6 Å². The fourth-order valence-corrected chi connectivity index (χ4v) is 4.50. The Bertz CT molecular complexity index is 768. The summed E-state index contributed by atoms with van der Waals surface area (Å²) in [5.41, 5.74) is 9.07. The summed E-state index contributed by atoms with van der Waals surface area (Å²) in [7, 11) is 0. The van der Waals surface area contributed by atoms with Crippen molar-refractivity contribution in [3.05, 3.63) is 58.7 Å². The van der Waals surface area contributed by atoms with Gasteiger partial charge in [-0.25, -0.2) is 0 Å². The molecule has 2 aromatic rings. The van der Waals surface area contributed by atoms with E-state index in [0.29, 0.717) is 0 Å². The molecule has 0 heterocycles. The Hall–Kier alpha value is -0.830. The summed E-state index contributed by atoms with van der Waals surface area (Å²) >= 11 is 2.57. The average molecular weight is 418 g/mol. The average Bonchev–Trinajstić information content (AvgIpc) is 2.66. The molecule has 3 rings (SSSR count). The van der Waals surface area contributed by atoms with Crippen LogP contribution in [0.15, 0.2) is 36.4 Å². The predicted molar refractivity (Wildman–Crippen MR) is 110 cm³/mol. The van der Waals surface area contributed by atoms with Crippen LogP contribution in [0.3, 0.4) is 0 Å². The van der Waals surface area contributed by atoms with Gasteiger partial charge < -0.3 is 0 Å². The molecule has 1 heteroatoms. The topological polar surface area (TPSA) is 0 Å². The highest BCUT2D eigenvalue weighted by Crippen LogP contribution is 2.55. The molecule has 0 saturated carbocycles. The molecule has 0 atom stereocenters. The molecule has 1 aliphatic carbocycles. The van der Waals surface area contributed by atoms with Crippen LogP contribution in [-0.2, 0) is 14.3 Å². The van der Waals surface area contributed by atoms with Crippen LogP contribution in [-0.4, -0.2) is 0 Å². The summed E-state index contributed by atoms with van der Waals surface area (Å²) in [5.74, 6) is 0. The third-order valence-electron chi connectivity index (χ3n) is 5.15. The van der Waals surface area contributed by atoms with Crippen molar-refractivity contribution in [2.75, 3.05) is 0 Å². The van der Waals surface area contributed by atoms with E-state index < -0.39 is 0 Å². The van der Waals surface area contributed by atoms with E-state index in [0.717, 1.165) is 0 Å². The molecule has 2 aromatic carbocycles. The molecule has 0 N–H and O–H groups in total. The molecule has 0 amide bonds. The molecule has 122 valence electrons. The predicted octanol–water partition coefficient (Wildman–Crippen LogP) is 6.96. The van der Waals surface area contributed by atoms with Crippen LogP contribution in [0, 0.1) is 0 Å². The van der Waals surface area contributed by atoms with E-state index >= 15 is 0 Å². The molecule has 0 bridgehead atoms. The van der Waals surface area contributed by atoms with Crippen molar-refractivity contribution in [2.45, 2.75) is 62.7 Å². The van der Waals surface area contributed by atoms with E-state index in [9.17, 15) is 0 Å². The van der Waals surface area contributed by atoms with Gasteiger partial charge in [0.15, 0.2) is 0 Å². The van der Waals surface area contributed by atoms with E-state index in [1.807, 2.05) is 0 Å². The molecule has 0 saturated heterocycles. The van der Waals surface area contributed by atoms with Gasteiger partial charge in [0.2, 0.25) is 0 Å². The molecular formula is C22H27I. The second-order valence-electron chi connectivity index (χ2n) is 8.80. The minimum absolute atomic E-state index is 0.0619. The third kappa shape index (κ3) is 2.56. The minimum Gasteiger partial charge on any atom is -0.0742 e. The Kier molecular flexibility index (Phi) is 3.76. The number of halogens is 1. The Balaban J connectivity index is 2.43. The lowest BCUT2D eigenvalue weighted by Gasteiger charge is -2.30. The number of benzene rings is 2. The van der Waals surface area contributed by atoms with E-state index in [-0.39, 0.29) is 14.3 Å². The standard InChI is InChI=1S/C22H27I/c1-20(2,3)17-13-8-10-14-18-15(21(4,5)19(14)17)11-9-12-16(18)22(6,7)23/h8-13H,1-7H3. The van der Waals surface area contributed by atoms with E-state index in [1.165, 1.54) is 33.4 Å². The van der Waals surface area contributed by atoms with Crippen LogP contribution >= 0.6 is 22.6 Å². The van der Waals surface area contributed by atoms with Crippen molar-refractivity contribution in [2.24, 2.45) is 0 Å². The number of hydrogen-bond acceptors (Lipinski definition) is 0. The highest BCUT2D eigenvalue weighted by atomic mass is 127. The first-order valence-electron chi connectivity index (χ1n) is 8.43. The molecular weight excluding hydrogens is 391 g/mol. The van der Waals surface area contributed by atoms with Gasteiger partial charge >= 0.3 is 0 Å². The number of rotatable bonds is 1. The maximum Gasteiger partial charge on any atom is 0.0420 e. The van der Waals surface area contributed by atoms with Gasteiger partial charge in [0.05, 0.1) is 0 Å². The Morgan fingerprint density at radius 1 is 0.826 bits per heavy atom. The van der Waals surface area contributed by atoms with Crippen molar-refractivity contribution in [1.29, 1.82) is 0 Å². The first-order valence-corrected chi connectivity index (χ1v) is 9.51. The van der Waals surface area contributed by atoms with Crippen LogP contribution in [0.5, 0.6) is 0 Å². The van der Waals surface area contributed by atoms with E-state index in [1.54, 1.807) is 0 Å². The minimum atomic E-state index is 0.0619. The smallest absolute Gasteiger partial charge is 0.0420 e. The summed E-state index contributed by atoms with van der Waals surface area (Å²) in [4.78, 5) is 0. The molecule has 23 heavy (non-hydrogen) atoms. The van der Waals surface area contributed by atoms with Crippen molar-refractivity contribution >= 4 is 22.6 Å². The highest BCUT2D eigenvalue weighted by Gasteiger charge is 2.41.